The van der Waals surface area contributed by atoms with Gasteiger partial charge in [-0.05, 0) is 18.1 Å². The SMILES string of the molecule is CCc1c(-c2c(F)ccc([N+](=O)[O-])c2F)ncc(CO)c1Cl. The van der Waals surface area contributed by atoms with Crippen LogP contribution in [0.25, 0.3) is 11.3 Å². The number of pyridine rings is 1. The summed E-state index contributed by atoms with van der Waals surface area (Å²) in [5.74, 6) is -2.28. The molecule has 0 saturated heterocycles. The van der Waals surface area contributed by atoms with E-state index < -0.39 is 27.8 Å². The molecule has 22 heavy (non-hydrogen) atoms. The van der Waals surface area contributed by atoms with E-state index in [-0.39, 0.29) is 23.7 Å². The van der Waals surface area contributed by atoms with E-state index in [1.165, 1.54) is 6.20 Å². The van der Waals surface area contributed by atoms with Gasteiger partial charge in [0.15, 0.2) is 0 Å². The number of halogens is 3. The molecule has 0 amide bonds. The Morgan fingerprint density at radius 1 is 1.41 bits per heavy atom. The Hall–Kier alpha value is -2.12. The van der Waals surface area contributed by atoms with Crippen molar-refractivity contribution in [3.8, 4) is 11.3 Å². The van der Waals surface area contributed by atoms with Gasteiger partial charge in [0.1, 0.15) is 5.82 Å². The molecular weight excluding hydrogens is 318 g/mol. The molecule has 1 N–H and O–H groups in total. The van der Waals surface area contributed by atoms with Gasteiger partial charge in [-0.15, -0.1) is 0 Å². The zero-order chi connectivity index (χ0) is 16.4. The third-order valence-electron chi connectivity index (χ3n) is 3.21. The second-order valence-electron chi connectivity index (χ2n) is 4.45. The van der Waals surface area contributed by atoms with Gasteiger partial charge in [-0.3, -0.25) is 15.1 Å². The van der Waals surface area contributed by atoms with E-state index in [9.17, 15) is 18.9 Å². The lowest BCUT2D eigenvalue weighted by Gasteiger charge is -2.13. The van der Waals surface area contributed by atoms with Gasteiger partial charge < -0.3 is 5.11 Å². The molecule has 1 aromatic carbocycles. The first kappa shape index (κ1) is 16.3. The van der Waals surface area contributed by atoms with Gasteiger partial charge in [-0.1, -0.05) is 18.5 Å². The Balaban J connectivity index is 2.80. The zero-order valence-electron chi connectivity index (χ0n) is 11.4. The molecule has 0 fully saturated rings. The average Bonchev–Trinajstić information content (AvgIpc) is 2.47. The zero-order valence-corrected chi connectivity index (χ0v) is 12.2. The minimum atomic E-state index is -1.31. The molecule has 0 aliphatic carbocycles. The Labute approximate surface area is 129 Å². The van der Waals surface area contributed by atoms with E-state index in [0.29, 0.717) is 11.1 Å². The predicted octanol–water partition coefficient (Wildman–Crippen LogP) is 3.64. The van der Waals surface area contributed by atoms with Crippen molar-refractivity contribution in [2.75, 3.05) is 0 Å². The Morgan fingerprint density at radius 3 is 2.64 bits per heavy atom. The molecule has 0 atom stereocenters. The van der Waals surface area contributed by atoms with Crippen molar-refractivity contribution in [1.29, 1.82) is 0 Å². The maximum absolute atomic E-state index is 14.3. The lowest BCUT2D eigenvalue weighted by atomic mass is 10.0. The van der Waals surface area contributed by atoms with E-state index in [2.05, 4.69) is 4.98 Å². The molecule has 0 aliphatic rings. The summed E-state index contributed by atoms with van der Waals surface area (Å²) in [6, 6.07) is 1.56. The van der Waals surface area contributed by atoms with Crippen LogP contribution >= 0.6 is 11.6 Å². The number of hydrogen-bond acceptors (Lipinski definition) is 4. The summed E-state index contributed by atoms with van der Waals surface area (Å²) < 4.78 is 28.3. The number of rotatable bonds is 4. The van der Waals surface area contributed by atoms with Gasteiger partial charge in [0, 0.05) is 17.8 Å². The molecule has 5 nitrogen and oxygen atoms in total. The van der Waals surface area contributed by atoms with Crippen LogP contribution in [0.1, 0.15) is 18.1 Å². The summed E-state index contributed by atoms with van der Waals surface area (Å²) in [5, 5.41) is 20.1. The lowest BCUT2D eigenvalue weighted by Crippen LogP contribution is -2.03. The Kier molecular flexibility index (Phi) is 4.68. The van der Waals surface area contributed by atoms with Crippen LogP contribution in [0.4, 0.5) is 14.5 Å². The number of aromatic nitrogens is 1. The summed E-state index contributed by atoms with van der Waals surface area (Å²) >= 11 is 6.09. The first-order chi connectivity index (χ1) is 10.4. The molecule has 0 aliphatic heterocycles. The van der Waals surface area contributed by atoms with E-state index in [0.717, 1.165) is 12.1 Å². The third kappa shape index (κ3) is 2.65. The topological polar surface area (TPSA) is 76.3 Å². The molecular formula is C14H11ClF2N2O3. The molecule has 1 heterocycles. The van der Waals surface area contributed by atoms with Gasteiger partial charge in [0.25, 0.3) is 0 Å². The molecule has 8 heteroatoms. The fraction of sp³-hybridized carbons (Fsp3) is 0.214. The van der Waals surface area contributed by atoms with Crippen molar-refractivity contribution in [1.82, 2.24) is 4.98 Å². The number of hydrogen-bond donors (Lipinski definition) is 1. The highest BCUT2D eigenvalue weighted by Gasteiger charge is 2.26. The molecule has 0 bridgehead atoms. The quantitative estimate of drug-likeness (QED) is 0.686. The second-order valence-corrected chi connectivity index (χ2v) is 4.83. The Morgan fingerprint density at radius 2 is 2.09 bits per heavy atom. The van der Waals surface area contributed by atoms with Crippen LogP contribution in [0.5, 0.6) is 0 Å². The standard InChI is InChI=1S/C14H11ClF2N2O3/c1-2-8-12(15)7(6-20)5-18-14(8)11-9(16)3-4-10(13(11)17)19(21)22/h3-5,20H,2,6H2,1H3. The van der Waals surface area contributed by atoms with Crippen molar-refractivity contribution >= 4 is 17.3 Å². The third-order valence-corrected chi connectivity index (χ3v) is 3.68. The molecule has 0 saturated carbocycles. The molecule has 2 aromatic rings. The number of aliphatic hydroxyl groups excluding tert-OH is 1. The van der Waals surface area contributed by atoms with Crippen molar-refractivity contribution < 1.29 is 18.8 Å². The van der Waals surface area contributed by atoms with Crippen LogP contribution in [0, 0.1) is 21.7 Å². The first-order valence-corrected chi connectivity index (χ1v) is 6.70. The van der Waals surface area contributed by atoms with Crippen LogP contribution in [-0.2, 0) is 13.0 Å². The summed E-state index contributed by atoms with van der Waals surface area (Å²) in [6.45, 7) is 1.32. The van der Waals surface area contributed by atoms with Crippen molar-refractivity contribution in [3.05, 3.63) is 56.2 Å². The minimum absolute atomic E-state index is 0.108. The summed E-state index contributed by atoms with van der Waals surface area (Å²) in [5.41, 5.74) is -0.927. The van der Waals surface area contributed by atoms with Crippen LogP contribution < -0.4 is 0 Å². The molecule has 2 rings (SSSR count). The molecule has 116 valence electrons. The highest BCUT2D eigenvalue weighted by molar-refractivity contribution is 6.32. The van der Waals surface area contributed by atoms with Gasteiger partial charge in [-0.25, -0.2) is 4.39 Å². The highest BCUT2D eigenvalue weighted by Crippen LogP contribution is 2.36. The summed E-state index contributed by atoms with van der Waals surface area (Å²) in [7, 11) is 0. The van der Waals surface area contributed by atoms with Crippen molar-refractivity contribution in [2.45, 2.75) is 20.0 Å². The van der Waals surface area contributed by atoms with E-state index in [4.69, 9.17) is 16.7 Å². The van der Waals surface area contributed by atoms with Crippen molar-refractivity contribution in [3.63, 3.8) is 0 Å². The van der Waals surface area contributed by atoms with Gasteiger partial charge in [0.05, 0.1) is 27.8 Å². The molecule has 0 radical (unpaired) electrons. The number of nitro benzene ring substituents is 1. The van der Waals surface area contributed by atoms with Crippen LogP contribution in [0.15, 0.2) is 18.3 Å². The molecule has 0 spiro atoms. The molecule has 0 unspecified atom stereocenters. The van der Waals surface area contributed by atoms with Crippen LogP contribution in [-0.4, -0.2) is 15.0 Å². The number of benzene rings is 1. The molecule has 1 aromatic heterocycles. The smallest absolute Gasteiger partial charge is 0.305 e. The fourth-order valence-corrected chi connectivity index (χ4v) is 2.45. The average molecular weight is 329 g/mol. The second kappa shape index (κ2) is 6.33. The van der Waals surface area contributed by atoms with Gasteiger partial charge in [0.2, 0.25) is 5.82 Å². The van der Waals surface area contributed by atoms with E-state index in [1.54, 1.807) is 6.92 Å². The largest absolute Gasteiger partial charge is 0.392 e. The Bertz CT molecular complexity index is 753. The first-order valence-electron chi connectivity index (χ1n) is 6.32. The maximum Gasteiger partial charge on any atom is 0.305 e. The summed E-state index contributed by atoms with van der Waals surface area (Å²) in [4.78, 5) is 13.8. The van der Waals surface area contributed by atoms with Crippen molar-refractivity contribution in [2.24, 2.45) is 0 Å². The number of nitrogens with zero attached hydrogens (tertiary/aromatic N) is 2. The highest BCUT2D eigenvalue weighted by atomic mass is 35.5. The fourth-order valence-electron chi connectivity index (χ4n) is 2.12. The lowest BCUT2D eigenvalue weighted by molar-refractivity contribution is -0.387. The number of aliphatic hydroxyl groups is 1. The van der Waals surface area contributed by atoms with Crippen LogP contribution in [0.2, 0.25) is 5.02 Å². The van der Waals surface area contributed by atoms with E-state index in [1.807, 2.05) is 0 Å². The van der Waals surface area contributed by atoms with E-state index >= 15 is 0 Å². The van der Waals surface area contributed by atoms with Gasteiger partial charge >= 0.3 is 5.69 Å². The minimum Gasteiger partial charge on any atom is -0.392 e. The monoisotopic (exact) mass is 328 g/mol. The number of nitro groups is 1. The maximum atomic E-state index is 14.3. The van der Waals surface area contributed by atoms with Gasteiger partial charge in [-0.2, -0.15) is 4.39 Å². The predicted molar refractivity (Wildman–Crippen MR) is 76.6 cm³/mol. The summed E-state index contributed by atoms with van der Waals surface area (Å²) in [6.07, 6.45) is 1.48. The van der Waals surface area contributed by atoms with Crippen LogP contribution in [0.3, 0.4) is 0 Å². The normalized spacial score (nSPS) is 10.8.